The molecule has 2 aromatic carbocycles. The topological polar surface area (TPSA) is 48.3 Å². The van der Waals surface area contributed by atoms with Gasteiger partial charge in [0.15, 0.2) is 0 Å². The third kappa shape index (κ3) is 3.08. The molecule has 2 heterocycles. The molecule has 0 radical (unpaired) electrons. The molecule has 4 nitrogen and oxygen atoms in total. The van der Waals surface area contributed by atoms with Crippen molar-refractivity contribution in [1.82, 2.24) is 4.57 Å². The van der Waals surface area contributed by atoms with E-state index in [0.29, 0.717) is 5.92 Å². The maximum Gasteiger partial charge on any atom is 0.330 e. The Labute approximate surface area is 173 Å². The second-order valence-corrected chi connectivity index (χ2v) is 9.34. The van der Waals surface area contributed by atoms with Crippen LogP contribution in [0.3, 0.4) is 0 Å². The van der Waals surface area contributed by atoms with Crippen molar-refractivity contribution in [3.05, 3.63) is 75.6 Å². The minimum Gasteiger partial charge on any atom is -0.467 e. The number of nitrogens with zero attached hydrogens (tertiary/aromatic N) is 1. The smallest absolute Gasteiger partial charge is 0.330 e. The Hall–Kier alpha value is -2.53. The van der Waals surface area contributed by atoms with Gasteiger partial charge in [-0.2, -0.15) is 0 Å². The van der Waals surface area contributed by atoms with Crippen LogP contribution >= 0.6 is 11.8 Å². The molecule has 3 aromatic rings. The highest BCUT2D eigenvalue weighted by molar-refractivity contribution is 8.00. The second kappa shape index (κ2) is 7.06. The van der Waals surface area contributed by atoms with Crippen LogP contribution in [0.15, 0.2) is 58.4 Å². The molecular formula is C24H23NO3S. The summed E-state index contributed by atoms with van der Waals surface area (Å²) < 4.78 is 6.68. The van der Waals surface area contributed by atoms with Crippen molar-refractivity contribution in [2.45, 2.75) is 48.4 Å². The molecule has 0 unspecified atom stereocenters. The van der Waals surface area contributed by atoms with Gasteiger partial charge in [0.05, 0.1) is 12.1 Å². The Kier molecular flexibility index (Phi) is 4.50. The number of thioether (sulfide) groups is 1. The van der Waals surface area contributed by atoms with Gasteiger partial charge in [0.25, 0.3) is 5.56 Å². The van der Waals surface area contributed by atoms with Gasteiger partial charge >= 0.3 is 5.97 Å². The average molecular weight is 406 g/mol. The number of carbonyl (C=O) groups is 1. The lowest BCUT2D eigenvalue weighted by molar-refractivity contribution is -0.144. The summed E-state index contributed by atoms with van der Waals surface area (Å²) in [6.45, 7) is 2.00. The van der Waals surface area contributed by atoms with Crippen molar-refractivity contribution < 1.29 is 9.53 Å². The molecule has 0 amide bonds. The van der Waals surface area contributed by atoms with Crippen LogP contribution in [0.1, 0.15) is 48.4 Å². The molecule has 1 aliphatic carbocycles. The van der Waals surface area contributed by atoms with Crippen molar-refractivity contribution in [3.63, 3.8) is 0 Å². The van der Waals surface area contributed by atoms with E-state index in [0.717, 1.165) is 29.9 Å². The van der Waals surface area contributed by atoms with Crippen LogP contribution in [0.5, 0.6) is 0 Å². The zero-order chi connectivity index (χ0) is 20.1. The summed E-state index contributed by atoms with van der Waals surface area (Å²) in [5.74, 6) is 0.146. The molecule has 1 aromatic heterocycles. The van der Waals surface area contributed by atoms with Crippen LogP contribution in [0.25, 0.3) is 10.8 Å². The first-order valence-corrected chi connectivity index (χ1v) is 11.0. The van der Waals surface area contributed by atoms with Crippen LogP contribution in [0, 0.1) is 0 Å². The van der Waals surface area contributed by atoms with E-state index in [4.69, 9.17) is 4.74 Å². The largest absolute Gasteiger partial charge is 0.467 e. The lowest BCUT2D eigenvalue weighted by Crippen LogP contribution is -2.32. The number of aromatic nitrogens is 1. The predicted octanol–water partition coefficient (Wildman–Crippen LogP) is 4.68. The number of hydrogen-bond acceptors (Lipinski definition) is 4. The fourth-order valence-electron chi connectivity index (χ4n) is 4.52. The highest BCUT2D eigenvalue weighted by atomic mass is 32.2. The minimum absolute atomic E-state index is 0.0135. The molecule has 2 atom stereocenters. The van der Waals surface area contributed by atoms with Crippen molar-refractivity contribution in [3.8, 4) is 0 Å². The quantitative estimate of drug-likeness (QED) is 0.592. The van der Waals surface area contributed by atoms with Crippen molar-refractivity contribution in [1.29, 1.82) is 0 Å². The van der Waals surface area contributed by atoms with Gasteiger partial charge in [-0.1, -0.05) is 49.4 Å². The molecular weight excluding hydrogens is 382 g/mol. The number of fused-ring (bicyclic) bond motifs is 2. The Morgan fingerprint density at radius 1 is 1.14 bits per heavy atom. The molecule has 1 saturated carbocycles. The number of benzene rings is 2. The SMILES string of the molecule is COC(=O)[C@@H]1[C@@H](C)Sc2c(C3CC3)c(Cc3cccc4ccccc34)cc(=O)n21. The average Bonchev–Trinajstić information content (AvgIpc) is 3.49. The van der Waals surface area contributed by atoms with Gasteiger partial charge in [-0.15, -0.1) is 11.8 Å². The Morgan fingerprint density at radius 3 is 2.66 bits per heavy atom. The van der Waals surface area contributed by atoms with Crippen molar-refractivity contribution in [2.75, 3.05) is 7.11 Å². The fraction of sp³-hybridized carbons (Fsp3) is 0.333. The van der Waals surface area contributed by atoms with E-state index in [1.165, 1.54) is 29.0 Å². The number of rotatable bonds is 4. The Bertz CT molecular complexity index is 1170. The summed E-state index contributed by atoms with van der Waals surface area (Å²) in [5.41, 5.74) is 3.49. The first kappa shape index (κ1) is 18.5. The fourth-order valence-corrected chi connectivity index (χ4v) is 5.98. The standard InChI is InChI=1S/C24H23NO3S/c1-14-22(24(27)28-2)25-20(26)13-18(21(16-10-11-16)23(25)29-14)12-17-8-5-7-15-6-3-4-9-19(15)17/h3-9,13-14,16,22H,10-12H2,1-2H3/t14-,22+/m1/s1. The van der Waals surface area contributed by atoms with Gasteiger partial charge in [0, 0.05) is 11.3 Å². The predicted molar refractivity (Wildman–Crippen MR) is 116 cm³/mol. The monoisotopic (exact) mass is 405 g/mol. The summed E-state index contributed by atoms with van der Waals surface area (Å²) in [7, 11) is 1.39. The van der Waals surface area contributed by atoms with E-state index < -0.39 is 6.04 Å². The minimum atomic E-state index is -0.545. The van der Waals surface area contributed by atoms with Crippen LogP contribution in [0.2, 0.25) is 0 Å². The van der Waals surface area contributed by atoms with Crippen LogP contribution in [-0.2, 0) is 16.0 Å². The highest BCUT2D eigenvalue weighted by Gasteiger charge is 2.42. The van der Waals surface area contributed by atoms with E-state index in [9.17, 15) is 9.59 Å². The van der Waals surface area contributed by atoms with E-state index >= 15 is 0 Å². The Morgan fingerprint density at radius 2 is 1.90 bits per heavy atom. The van der Waals surface area contributed by atoms with Gasteiger partial charge in [0.1, 0.15) is 6.04 Å². The number of carbonyl (C=O) groups excluding carboxylic acids is 1. The Balaban J connectivity index is 1.66. The number of pyridine rings is 1. The third-order valence-electron chi connectivity index (χ3n) is 6.04. The lowest BCUT2D eigenvalue weighted by Gasteiger charge is -2.18. The molecule has 1 aliphatic heterocycles. The number of ether oxygens (including phenoxy) is 1. The molecule has 0 bridgehead atoms. The first-order chi connectivity index (χ1) is 14.1. The molecule has 0 saturated heterocycles. The van der Waals surface area contributed by atoms with Gasteiger partial charge in [0.2, 0.25) is 0 Å². The van der Waals surface area contributed by atoms with Gasteiger partial charge in [-0.05, 0) is 52.6 Å². The second-order valence-electron chi connectivity index (χ2n) is 7.98. The van der Waals surface area contributed by atoms with Crippen molar-refractivity contribution in [2.24, 2.45) is 0 Å². The first-order valence-electron chi connectivity index (χ1n) is 10.1. The summed E-state index contributed by atoms with van der Waals surface area (Å²) in [6, 6.07) is 15.9. The van der Waals surface area contributed by atoms with Crippen LogP contribution in [-0.4, -0.2) is 22.9 Å². The zero-order valence-electron chi connectivity index (χ0n) is 16.6. The van der Waals surface area contributed by atoms with Gasteiger partial charge in [-0.25, -0.2) is 4.79 Å². The van der Waals surface area contributed by atoms with E-state index in [-0.39, 0.29) is 16.8 Å². The number of esters is 1. The number of hydrogen-bond donors (Lipinski definition) is 0. The van der Waals surface area contributed by atoms with Gasteiger partial charge < -0.3 is 4.74 Å². The lowest BCUT2D eigenvalue weighted by atomic mass is 9.95. The van der Waals surface area contributed by atoms with E-state index in [2.05, 4.69) is 42.5 Å². The molecule has 0 spiro atoms. The maximum atomic E-state index is 13.1. The maximum absolute atomic E-state index is 13.1. The number of methoxy groups -OCH3 is 1. The zero-order valence-corrected chi connectivity index (χ0v) is 17.4. The molecule has 1 fully saturated rings. The molecule has 5 heteroatoms. The molecule has 0 N–H and O–H groups in total. The van der Waals surface area contributed by atoms with Crippen LogP contribution in [0.4, 0.5) is 0 Å². The van der Waals surface area contributed by atoms with Crippen LogP contribution < -0.4 is 5.56 Å². The normalized spacial score (nSPS) is 20.6. The molecule has 2 aliphatic rings. The van der Waals surface area contributed by atoms with Crippen molar-refractivity contribution >= 4 is 28.5 Å². The summed E-state index contributed by atoms with van der Waals surface area (Å²) in [4.78, 5) is 25.5. The summed E-state index contributed by atoms with van der Waals surface area (Å²) in [5, 5.41) is 3.40. The molecule has 29 heavy (non-hydrogen) atoms. The third-order valence-corrected chi connectivity index (χ3v) is 7.31. The van der Waals surface area contributed by atoms with E-state index in [1.54, 1.807) is 22.4 Å². The summed E-state index contributed by atoms with van der Waals surface area (Å²) in [6.07, 6.45) is 3.02. The molecule has 5 rings (SSSR count). The van der Waals surface area contributed by atoms with E-state index in [1.807, 2.05) is 6.92 Å². The molecule has 148 valence electrons. The van der Waals surface area contributed by atoms with Gasteiger partial charge in [-0.3, -0.25) is 9.36 Å². The summed E-state index contributed by atoms with van der Waals surface area (Å²) >= 11 is 1.64. The highest BCUT2D eigenvalue weighted by Crippen LogP contribution is 2.50.